The normalized spacial score (nSPS) is 13.4. The van der Waals surface area contributed by atoms with Crippen molar-refractivity contribution in [2.24, 2.45) is 0 Å². The Balaban J connectivity index is 2.07. The van der Waals surface area contributed by atoms with Crippen LogP contribution in [0, 0.1) is 6.92 Å². The van der Waals surface area contributed by atoms with E-state index >= 15 is 0 Å². The van der Waals surface area contributed by atoms with Gasteiger partial charge in [-0.25, -0.2) is 0 Å². The monoisotopic (exact) mass is 305 g/mol. The molecule has 0 spiro atoms. The lowest BCUT2D eigenvalue weighted by Gasteiger charge is -2.18. The van der Waals surface area contributed by atoms with Gasteiger partial charge in [-0.3, -0.25) is 4.79 Å². The molecule has 0 fully saturated rings. The summed E-state index contributed by atoms with van der Waals surface area (Å²) in [6, 6.07) is 14.7. The molecule has 0 amide bonds. The number of nitrogens with zero attached hydrogens (tertiary/aromatic N) is 1. The fourth-order valence-corrected chi connectivity index (χ4v) is 3.78. The quantitative estimate of drug-likeness (QED) is 0.788. The Hall–Kier alpha value is -2.55. The number of carboxylic acid groups (broad SMARTS) is 1. The van der Waals surface area contributed by atoms with E-state index in [2.05, 4.69) is 54.0 Å². The van der Waals surface area contributed by atoms with E-state index in [0.717, 1.165) is 41.6 Å². The van der Waals surface area contributed by atoms with E-state index in [9.17, 15) is 9.90 Å². The average molecular weight is 305 g/mol. The van der Waals surface area contributed by atoms with Gasteiger partial charge in [0.1, 0.15) is 0 Å². The zero-order valence-corrected chi connectivity index (χ0v) is 13.2. The maximum Gasteiger partial charge on any atom is 0.307 e. The predicted molar refractivity (Wildman–Crippen MR) is 91.8 cm³/mol. The van der Waals surface area contributed by atoms with E-state index < -0.39 is 5.97 Å². The first-order chi connectivity index (χ1) is 11.1. The summed E-state index contributed by atoms with van der Waals surface area (Å²) in [6.45, 7) is 3.02. The van der Waals surface area contributed by atoms with Gasteiger partial charge < -0.3 is 9.67 Å². The van der Waals surface area contributed by atoms with Crippen LogP contribution in [0.15, 0.2) is 42.5 Å². The van der Waals surface area contributed by atoms with Gasteiger partial charge in [0, 0.05) is 11.9 Å². The molecule has 1 aromatic heterocycles. The van der Waals surface area contributed by atoms with Crippen LogP contribution in [0.25, 0.3) is 22.2 Å². The maximum atomic E-state index is 11.4. The topological polar surface area (TPSA) is 42.2 Å². The Morgan fingerprint density at radius 1 is 1.17 bits per heavy atom. The van der Waals surface area contributed by atoms with Crippen LogP contribution in [-0.4, -0.2) is 15.6 Å². The number of aliphatic carboxylic acids is 1. The molecular formula is C20H19NO2. The highest BCUT2D eigenvalue weighted by atomic mass is 16.4. The molecule has 1 N–H and O–H groups in total. The van der Waals surface area contributed by atoms with Crippen molar-refractivity contribution < 1.29 is 9.90 Å². The number of carboxylic acids is 1. The molecule has 1 aliphatic rings. The number of aromatic nitrogens is 1. The minimum Gasteiger partial charge on any atom is -0.481 e. The standard InChI is InChI=1S/C20H19NO2/c1-13-7-9-15(10-8-13)20-17(12-18(22)23)16-6-2-4-14-5-3-11-21(20)19(14)16/h2,4,6-10H,3,5,11-12H2,1H3,(H,22,23). The van der Waals surface area contributed by atoms with E-state index in [1.165, 1.54) is 16.6 Å². The summed E-state index contributed by atoms with van der Waals surface area (Å²) < 4.78 is 2.33. The molecule has 0 atom stereocenters. The molecule has 2 aromatic carbocycles. The Bertz CT molecular complexity index is 904. The highest BCUT2D eigenvalue weighted by Crippen LogP contribution is 2.38. The number of aryl methyl sites for hydroxylation is 3. The summed E-state index contributed by atoms with van der Waals surface area (Å²) >= 11 is 0. The van der Waals surface area contributed by atoms with Crippen LogP contribution < -0.4 is 0 Å². The SMILES string of the molecule is Cc1ccc(-c2c(CC(=O)O)c3cccc4c3n2CCC4)cc1. The molecule has 2 heterocycles. The number of hydrogen-bond acceptors (Lipinski definition) is 1. The minimum absolute atomic E-state index is 0.0656. The lowest BCUT2D eigenvalue weighted by molar-refractivity contribution is -0.136. The molecule has 3 nitrogen and oxygen atoms in total. The largest absolute Gasteiger partial charge is 0.481 e. The summed E-state index contributed by atoms with van der Waals surface area (Å²) in [4.78, 5) is 11.4. The van der Waals surface area contributed by atoms with Crippen molar-refractivity contribution in [3.8, 4) is 11.3 Å². The van der Waals surface area contributed by atoms with Crippen molar-refractivity contribution in [3.05, 3.63) is 59.2 Å². The van der Waals surface area contributed by atoms with Crippen LogP contribution in [0.3, 0.4) is 0 Å². The summed E-state index contributed by atoms with van der Waals surface area (Å²) in [5, 5.41) is 10.5. The second kappa shape index (κ2) is 5.27. The van der Waals surface area contributed by atoms with Crippen molar-refractivity contribution >= 4 is 16.9 Å². The fourth-order valence-electron chi connectivity index (χ4n) is 3.78. The van der Waals surface area contributed by atoms with Crippen LogP contribution in [0.2, 0.25) is 0 Å². The zero-order chi connectivity index (χ0) is 16.0. The van der Waals surface area contributed by atoms with E-state index in [0.29, 0.717) is 0 Å². The highest BCUT2D eigenvalue weighted by Gasteiger charge is 2.23. The number of rotatable bonds is 3. The fraction of sp³-hybridized carbons (Fsp3) is 0.250. The van der Waals surface area contributed by atoms with Crippen molar-refractivity contribution in [1.82, 2.24) is 4.57 Å². The Morgan fingerprint density at radius 2 is 1.96 bits per heavy atom. The first-order valence-corrected chi connectivity index (χ1v) is 8.07. The Labute approximate surface area is 135 Å². The second-order valence-electron chi connectivity index (χ2n) is 6.33. The summed E-state index contributed by atoms with van der Waals surface area (Å²) in [7, 11) is 0. The van der Waals surface area contributed by atoms with E-state index in [1.807, 2.05) is 0 Å². The number of benzene rings is 2. The molecule has 0 aliphatic carbocycles. The molecule has 23 heavy (non-hydrogen) atoms. The molecule has 116 valence electrons. The lowest BCUT2D eigenvalue weighted by atomic mass is 10.00. The predicted octanol–water partition coefficient (Wildman–Crippen LogP) is 4.19. The molecule has 0 unspecified atom stereocenters. The third kappa shape index (κ3) is 2.24. The van der Waals surface area contributed by atoms with Crippen molar-refractivity contribution in [2.45, 2.75) is 32.7 Å². The Morgan fingerprint density at radius 3 is 2.70 bits per heavy atom. The number of para-hydroxylation sites is 1. The number of hydrogen-bond donors (Lipinski definition) is 1. The third-order valence-electron chi connectivity index (χ3n) is 4.75. The molecule has 0 radical (unpaired) electrons. The molecule has 0 saturated carbocycles. The van der Waals surface area contributed by atoms with Gasteiger partial charge in [-0.2, -0.15) is 0 Å². The van der Waals surface area contributed by atoms with E-state index in [1.54, 1.807) is 0 Å². The first kappa shape index (κ1) is 14.1. The van der Waals surface area contributed by atoms with Gasteiger partial charge in [0.25, 0.3) is 0 Å². The molecule has 3 heteroatoms. The molecular weight excluding hydrogens is 286 g/mol. The van der Waals surface area contributed by atoms with E-state index in [-0.39, 0.29) is 6.42 Å². The lowest BCUT2D eigenvalue weighted by Crippen LogP contribution is -2.09. The first-order valence-electron chi connectivity index (χ1n) is 8.07. The van der Waals surface area contributed by atoms with Crippen LogP contribution >= 0.6 is 0 Å². The van der Waals surface area contributed by atoms with Crippen LogP contribution in [0.5, 0.6) is 0 Å². The van der Waals surface area contributed by atoms with Gasteiger partial charge in [-0.05, 0) is 36.5 Å². The minimum atomic E-state index is -0.776. The second-order valence-corrected chi connectivity index (χ2v) is 6.33. The molecule has 3 aromatic rings. The van der Waals surface area contributed by atoms with Gasteiger partial charge in [0.05, 0.1) is 17.6 Å². The van der Waals surface area contributed by atoms with Crippen LogP contribution in [0.4, 0.5) is 0 Å². The Kier molecular flexibility index (Phi) is 3.22. The average Bonchev–Trinajstić information content (AvgIpc) is 2.84. The molecule has 0 saturated heterocycles. The van der Waals surface area contributed by atoms with Crippen LogP contribution in [-0.2, 0) is 24.2 Å². The van der Waals surface area contributed by atoms with Gasteiger partial charge in [-0.1, -0.05) is 48.0 Å². The van der Waals surface area contributed by atoms with Crippen molar-refractivity contribution in [2.75, 3.05) is 0 Å². The molecule has 1 aliphatic heterocycles. The van der Waals surface area contributed by atoms with Crippen LogP contribution in [0.1, 0.15) is 23.1 Å². The van der Waals surface area contributed by atoms with Gasteiger partial charge in [0.2, 0.25) is 0 Å². The smallest absolute Gasteiger partial charge is 0.307 e. The number of carbonyl (C=O) groups is 1. The summed E-state index contributed by atoms with van der Waals surface area (Å²) in [5.41, 5.74) is 6.90. The summed E-state index contributed by atoms with van der Waals surface area (Å²) in [6.07, 6.45) is 2.24. The maximum absolute atomic E-state index is 11.4. The van der Waals surface area contributed by atoms with Gasteiger partial charge in [-0.15, -0.1) is 0 Å². The highest BCUT2D eigenvalue weighted by molar-refractivity contribution is 5.96. The summed E-state index contributed by atoms with van der Waals surface area (Å²) in [5.74, 6) is -0.776. The van der Waals surface area contributed by atoms with E-state index in [4.69, 9.17) is 0 Å². The molecule has 0 bridgehead atoms. The van der Waals surface area contributed by atoms with Gasteiger partial charge >= 0.3 is 5.97 Å². The van der Waals surface area contributed by atoms with Gasteiger partial charge in [0.15, 0.2) is 0 Å². The zero-order valence-electron chi connectivity index (χ0n) is 13.2. The third-order valence-corrected chi connectivity index (χ3v) is 4.75. The van der Waals surface area contributed by atoms with Crippen molar-refractivity contribution in [3.63, 3.8) is 0 Å². The van der Waals surface area contributed by atoms with Crippen molar-refractivity contribution in [1.29, 1.82) is 0 Å². The molecule has 4 rings (SSSR count).